The van der Waals surface area contributed by atoms with Gasteiger partial charge in [-0.3, -0.25) is 4.79 Å². The van der Waals surface area contributed by atoms with Crippen molar-refractivity contribution in [3.8, 4) is 0 Å². The third kappa shape index (κ3) is 1.40. The molecule has 0 saturated carbocycles. The number of hydrogen-bond donors (Lipinski definition) is 3. The number of carbonyl (C=O) groups excluding carboxylic acids is 1. The predicted molar refractivity (Wildman–Crippen MR) is 76.8 cm³/mol. The molecule has 0 spiro atoms. The van der Waals surface area contributed by atoms with Crippen LogP contribution in [0.25, 0.3) is 0 Å². The first-order valence-corrected chi connectivity index (χ1v) is 6.62. The van der Waals surface area contributed by atoms with Crippen molar-refractivity contribution in [3.05, 3.63) is 41.9 Å². The molecule has 1 unspecified atom stereocenters. The Hall–Kier alpha value is -2.43. The van der Waals surface area contributed by atoms with Crippen LogP contribution in [0.1, 0.15) is 31.3 Å². The second kappa shape index (κ2) is 3.56. The largest absolute Gasteiger partial charge is 0.465 e. The highest BCUT2D eigenvalue weighted by molar-refractivity contribution is 6.07. The molecule has 2 aromatic rings. The number of fused-ring (bicyclic) bond motifs is 2. The topological polar surface area (TPSA) is 66.3 Å². The first kappa shape index (κ1) is 11.4. The lowest BCUT2D eigenvalue weighted by Gasteiger charge is -2.15. The van der Waals surface area contributed by atoms with Crippen LogP contribution in [0.15, 0.2) is 34.9 Å². The summed E-state index contributed by atoms with van der Waals surface area (Å²) in [6, 6.07) is 7.81. The molecule has 1 aromatic carbocycles. The first-order valence-electron chi connectivity index (χ1n) is 6.62. The Morgan fingerprint density at radius 3 is 2.60 bits per heavy atom. The fourth-order valence-electron chi connectivity index (χ4n) is 2.80. The van der Waals surface area contributed by atoms with E-state index in [1.165, 1.54) is 0 Å². The molecule has 5 heteroatoms. The van der Waals surface area contributed by atoms with Gasteiger partial charge in [-0.25, -0.2) is 0 Å². The molecule has 0 bridgehead atoms. The number of anilines is 3. The summed E-state index contributed by atoms with van der Waals surface area (Å²) in [6.07, 6.45) is 1.59. The highest BCUT2D eigenvalue weighted by Crippen LogP contribution is 2.45. The van der Waals surface area contributed by atoms with Gasteiger partial charge in [0.1, 0.15) is 5.76 Å². The summed E-state index contributed by atoms with van der Waals surface area (Å²) in [7, 11) is 0. The Morgan fingerprint density at radius 1 is 1.15 bits per heavy atom. The number of benzene rings is 1. The van der Waals surface area contributed by atoms with E-state index < -0.39 is 5.41 Å². The molecule has 2 aliphatic heterocycles. The predicted octanol–water partition coefficient (Wildman–Crippen LogP) is 3.05. The first-order chi connectivity index (χ1) is 9.55. The van der Waals surface area contributed by atoms with Crippen LogP contribution in [0, 0.1) is 0 Å². The van der Waals surface area contributed by atoms with Gasteiger partial charge in [-0.05, 0) is 43.7 Å². The van der Waals surface area contributed by atoms with Gasteiger partial charge in [-0.2, -0.15) is 0 Å². The zero-order chi connectivity index (χ0) is 13.9. The van der Waals surface area contributed by atoms with Crippen molar-refractivity contribution >= 4 is 23.0 Å². The lowest BCUT2D eigenvalue weighted by molar-refractivity contribution is -0.119. The van der Waals surface area contributed by atoms with E-state index >= 15 is 0 Å². The van der Waals surface area contributed by atoms with Crippen molar-refractivity contribution < 1.29 is 9.21 Å². The highest BCUT2D eigenvalue weighted by atomic mass is 16.3. The van der Waals surface area contributed by atoms with Crippen LogP contribution in [-0.4, -0.2) is 5.91 Å². The number of hydrogen-bond acceptors (Lipinski definition) is 4. The zero-order valence-corrected chi connectivity index (χ0v) is 11.3. The van der Waals surface area contributed by atoms with Gasteiger partial charge in [0.05, 0.1) is 23.1 Å². The second-order valence-corrected chi connectivity index (χ2v) is 5.76. The van der Waals surface area contributed by atoms with Crippen molar-refractivity contribution in [3.63, 3.8) is 0 Å². The summed E-state index contributed by atoms with van der Waals surface area (Å²) >= 11 is 0. The number of amides is 1. The molecule has 0 saturated heterocycles. The van der Waals surface area contributed by atoms with Crippen molar-refractivity contribution in [1.29, 1.82) is 0 Å². The average Bonchev–Trinajstić information content (AvgIpc) is 3.08. The van der Waals surface area contributed by atoms with Gasteiger partial charge in [0, 0.05) is 5.69 Å². The number of rotatable bonds is 1. The minimum Gasteiger partial charge on any atom is -0.465 e. The van der Waals surface area contributed by atoms with Crippen LogP contribution in [0.2, 0.25) is 0 Å². The number of carbonyl (C=O) groups is 1. The monoisotopic (exact) mass is 269 g/mol. The van der Waals surface area contributed by atoms with E-state index in [0.29, 0.717) is 0 Å². The number of nitrogens with one attached hydrogen (secondary N) is 3. The highest BCUT2D eigenvalue weighted by Gasteiger charge is 2.40. The summed E-state index contributed by atoms with van der Waals surface area (Å²) in [5, 5.41) is 9.66. The van der Waals surface area contributed by atoms with Gasteiger partial charge in [0.2, 0.25) is 5.91 Å². The molecule has 2 aliphatic rings. The van der Waals surface area contributed by atoms with E-state index in [4.69, 9.17) is 4.42 Å². The van der Waals surface area contributed by atoms with Crippen LogP contribution in [0.4, 0.5) is 17.1 Å². The molecule has 5 nitrogen and oxygen atoms in total. The molecule has 3 heterocycles. The van der Waals surface area contributed by atoms with Gasteiger partial charge in [-0.15, -0.1) is 0 Å². The summed E-state index contributed by atoms with van der Waals surface area (Å²) in [6.45, 7) is 3.87. The lowest BCUT2D eigenvalue weighted by atomic mass is 9.86. The molecule has 1 aromatic heterocycles. The van der Waals surface area contributed by atoms with E-state index in [-0.39, 0.29) is 12.1 Å². The van der Waals surface area contributed by atoms with Crippen molar-refractivity contribution in [2.24, 2.45) is 0 Å². The molecule has 3 N–H and O–H groups in total. The lowest BCUT2D eigenvalue weighted by Crippen LogP contribution is -2.26. The molecule has 1 atom stereocenters. The molecule has 1 amide bonds. The van der Waals surface area contributed by atoms with E-state index in [0.717, 1.165) is 28.4 Å². The van der Waals surface area contributed by atoms with Crippen LogP contribution < -0.4 is 16.0 Å². The molecular formula is C15H15N3O2. The Balaban J connectivity index is 1.74. The molecule has 102 valence electrons. The second-order valence-electron chi connectivity index (χ2n) is 5.76. The third-order valence-electron chi connectivity index (χ3n) is 4.07. The molecular weight excluding hydrogens is 254 g/mol. The molecule has 0 fully saturated rings. The smallest absolute Gasteiger partial charge is 0.234 e. The molecule has 0 radical (unpaired) electrons. The Kier molecular flexibility index (Phi) is 2.03. The number of furan rings is 1. The van der Waals surface area contributed by atoms with Crippen molar-refractivity contribution in [1.82, 2.24) is 0 Å². The normalized spacial score (nSPS) is 21.7. The fraction of sp³-hybridized carbons (Fsp3) is 0.267. The molecule has 4 rings (SSSR count). The van der Waals surface area contributed by atoms with Gasteiger partial charge in [-0.1, -0.05) is 0 Å². The van der Waals surface area contributed by atoms with Gasteiger partial charge < -0.3 is 20.4 Å². The summed E-state index contributed by atoms with van der Waals surface area (Å²) in [5.74, 6) is 0.878. The Bertz CT molecular complexity index is 704. The molecule has 20 heavy (non-hydrogen) atoms. The average molecular weight is 269 g/mol. The quantitative estimate of drug-likeness (QED) is 0.744. The van der Waals surface area contributed by atoms with Gasteiger partial charge in [0.25, 0.3) is 0 Å². The third-order valence-corrected chi connectivity index (χ3v) is 4.07. The Morgan fingerprint density at radius 2 is 1.90 bits per heavy atom. The maximum atomic E-state index is 12.0. The fourth-order valence-corrected chi connectivity index (χ4v) is 2.80. The van der Waals surface area contributed by atoms with Crippen molar-refractivity contribution in [2.75, 3.05) is 16.0 Å². The Labute approximate surface area is 116 Å². The maximum absolute atomic E-state index is 12.0. The standard InChI is InChI=1S/C15H15N3O2/c1-15(2)8-6-10-11(7-9(8)18-14(15)19)17-13(16-10)12-4-3-5-20-12/h3-7,13,16-17H,1-2H3,(H,18,19). The van der Waals surface area contributed by atoms with Crippen LogP contribution in [0.5, 0.6) is 0 Å². The molecule has 0 aliphatic carbocycles. The minimum atomic E-state index is -0.491. The minimum absolute atomic E-state index is 0.0405. The van der Waals surface area contributed by atoms with Crippen LogP contribution in [-0.2, 0) is 10.2 Å². The van der Waals surface area contributed by atoms with E-state index in [2.05, 4.69) is 16.0 Å². The summed E-state index contributed by atoms with van der Waals surface area (Å²) in [4.78, 5) is 12.0. The van der Waals surface area contributed by atoms with E-state index in [9.17, 15) is 4.79 Å². The van der Waals surface area contributed by atoms with Gasteiger partial charge in [0.15, 0.2) is 6.17 Å². The van der Waals surface area contributed by atoms with Crippen LogP contribution >= 0.6 is 0 Å². The van der Waals surface area contributed by atoms with E-state index in [1.54, 1.807) is 6.26 Å². The van der Waals surface area contributed by atoms with Crippen molar-refractivity contribution in [2.45, 2.75) is 25.4 Å². The SMILES string of the molecule is CC1(C)C(=O)Nc2cc3c(cc21)NC(c1ccco1)N3. The summed E-state index contributed by atoms with van der Waals surface area (Å²) < 4.78 is 5.41. The van der Waals surface area contributed by atoms with Gasteiger partial charge >= 0.3 is 0 Å². The zero-order valence-electron chi connectivity index (χ0n) is 11.3. The van der Waals surface area contributed by atoms with Crippen LogP contribution in [0.3, 0.4) is 0 Å². The summed E-state index contributed by atoms with van der Waals surface area (Å²) in [5.41, 5.74) is 3.39. The maximum Gasteiger partial charge on any atom is 0.234 e. The van der Waals surface area contributed by atoms with E-state index in [1.807, 2.05) is 38.1 Å².